The summed E-state index contributed by atoms with van der Waals surface area (Å²) in [5, 5.41) is 3.91. The van der Waals surface area contributed by atoms with Gasteiger partial charge in [0.25, 0.3) is 5.56 Å². The number of nitrogens with zero attached hydrogens (tertiary/aromatic N) is 2. The van der Waals surface area contributed by atoms with E-state index in [2.05, 4.69) is 16.9 Å². The van der Waals surface area contributed by atoms with Crippen LogP contribution in [0.5, 0.6) is 11.5 Å². The Bertz CT molecular complexity index is 1140. The molecule has 0 radical (unpaired) electrons. The lowest BCUT2D eigenvalue weighted by Gasteiger charge is -2.11. The molecule has 2 heterocycles. The number of hydrogen-bond acceptors (Lipinski definition) is 6. The number of aromatic nitrogens is 2. The molecule has 8 heteroatoms. The molecular weight excluding hydrogens is 390 g/mol. The fraction of sp³-hybridized carbons (Fsp3) is 0.190. The van der Waals surface area contributed by atoms with E-state index >= 15 is 0 Å². The van der Waals surface area contributed by atoms with Crippen molar-refractivity contribution in [3.63, 3.8) is 0 Å². The first-order valence-electron chi connectivity index (χ1n) is 9.04. The minimum Gasteiger partial charge on any atom is -0.454 e. The molecule has 4 rings (SSSR count). The van der Waals surface area contributed by atoms with Crippen molar-refractivity contribution in [1.82, 2.24) is 14.9 Å². The zero-order valence-electron chi connectivity index (χ0n) is 15.6. The zero-order chi connectivity index (χ0) is 20.2. The Kier molecular flexibility index (Phi) is 5.53. The number of rotatable bonds is 7. The molecule has 0 unspecified atom stereocenters. The Morgan fingerprint density at radius 3 is 2.93 bits per heavy atom. The Hall–Kier alpha value is -3.26. The first-order chi connectivity index (χ1) is 14.2. The molecule has 1 aliphatic heterocycles. The normalized spacial score (nSPS) is 12.1. The Balaban J connectivity index is 1.43. The molecule has 0 aliphatic carbocycles. The second kappa shape index (κ2) is 8.40. The summed E-state index contributed by atoms with van der Waals surface area (Å²) in [4.78, 5) is 29.6. The van der Waals surface area contributed by atoms with Crippen LogP contribution in [-0.4, -0.2) is 28.0 Å². The van der Waals surface area contributed by atoms with Crippen LogP contribution in [0.1, 0.15) is 5.56 Å². The number of para-hydroxylation sites is 1. The third kappa shape index (κ3) is 4.12. The van der Waals surface area contributed by atoms with Crippen molar-refractivity contribution in [3.05, 3.63) is 71.0 Å². The van der Waals surface area contributed by atoms with Crippen LogP contribution in [-0.2, 0) is 17.9 Å². The highest BCUT2D eigenvalue weighted by atomic mass is 32.2. The van der Waals surface area contributed by atoms with Gasteiger partial charge in [0.15, 0.2) is 16.7 Å². The molecule has 1 aliphatic rings. The molecule has 7 nitrogen and oxygen atoms in total. The highest BCUT2D eigenvalue weighted by molar-refractivity contribution is 7.99. The van der Waals surface area contributed by atoms with Gasteiger partial charge in [0.05, 0.1) is 16.7 Å². The summed E-state index contributed by atoms with van der Waals surface area (Å²) in [5.41, 5.74) is 1.39. The van der Waals surface area contributed by atoms with E-state index in [9.17, 15) is 9.59 Å². The number of thioether (sulfide) groups is 1. The van der Waals surface area contributed by atoms with Crippen LogP contribution >= 0.6 is 11.8 Å². The zero-order valence-corrected chi connectivity index (χ0v) is 16.4. The molecule has 148 valence electrons. The van der Waals surface area contributed by atoms with Gasteiger partial charge in [0.1, 0.15) is 0 Å². The topological polar surface area (TPSA) is 82.5 Å². The maximum absolute atomic E-state index is 12.7. The maximum Gasteiger partial charge on any atom is 0.262 e. The Morgan fingerprint density at radius 2 is 2.07 bits per heavy atom. The summed E-state index contributed by atoms with van der Waals surface area (Å²) in [6.07, 6.45) is 1.64. The molecule has 1 amide bonds. The van der Waals surface area contributed by atoms with E-state index in [1.54, 1.807) is 24.3 Å². The van der Waals surface area contributed by atoms with E-state index in [1.807, 2.05) is 24.3 Å². The molecular formula is C21H19N3O4S. The first kappa shape index (κ1) is 19.1. The molecule has 0 fully saturated rings. The molecule has 0 bridgehead atoms. The van der Waals surface area contributed by atoms with Crippen molar-refractivity contribution >= 4 is 28.6 Å². The summed E-state index contributed by atoms with van der Waals surface area (Å²) >= 11 is 1.23. The van der Waals surface area contributed by atoms with Crippen LogP contribution in [0.25, 0.3) is 10.9 Å². The third-order valence-corrected chi connectivity index (χ3v) is 5.37. The largest absolute Gasteiger partial charge is 0.454 e. The summed E-state index contributed by atoms with van der Waals surface area (Å²) < 4.78 is 12.2. The average molecular weight is 409 g/mol. The third-order valence-electron chi connectivity index (χ3n) is 4.40. The van der Waals surface area contributed by atoms with E-state index in [1.165, 1.54) is 16.3 Å². The van der Waals surface area contributed by atoms with Crippen LogP contribution in [0.2, 0.25) is 0 Å². The van der Waals surface area contributed by atoms with E-state index in [4.69, 9.17) is 9.47 Å². The van der Waals surface area contributed by atoms with E-state index in [0.717, 1.165) is 5.56 Å². The molecule has 0 spiro atoms. The van der Waals surface area contributed by atoms with E-state index in [0.29, 0.717) is 40.6 Å². The summed E-state index contributed by atoms with van der Waals surface area (Å²) in [6, 6.07) is 12.7. The highest BCUT2D eigenvalue weighted by Gasteiger charge is 2.15. The number of carbonyl (C=O) groups is 1. The first-order valence-corrected chi connectivity index (χ1v) is 10.0. The van der Waals surface area contributed by atoms with Gasteiger partial charge in [-0.2, -0.15) is 0 Å². The lowest BCUT2D eigenvalue weighted by atomic mass is 10.2. The number of allylic oxidation sites excluding steroid dienone is 1. The number of ether oxygens (including phenoxy) is 2. The van der Waals surface area contributed by atoms with Crippen molar-refractivity contribution in [1.29, 1.82) is 0 Å². The van der Waals surface area contributed by atoms with Crippen molar-refractivity contribution in [2.24, 2.45) is 0 Å². The highest BCUT2D eigenvalue weighted by Crippen LogP contribution is 2.32. The van der Waals surface area contributed by atoms with Gasteiger partial charge in [-0.15, -0.1) is 6.58 Å². The van der Waals surface area contributed by atoms with Gasteiger partial charge in [0, 0.05) is 13.1 Å². The number of fused-ring (bicyclic) bond motifs is 2. The van der Waals surface area contributed by atoms with Gasteiger partial charge in [-0.1, -0.05) is 36.0 Å². The lowest BCUT2D eigenvalue weighted by Crippen LogP contribution is -2.26. The fourth-order valence-electron chi connectivity index (χ4n) is 2.98. The van der Waals surface area contributed by atoms with Crippen molar-refractivity contribution < 1.29 is 14.3 Å². The molecule has 1 aromatic heterocycles. The van der Waals surface area contributed by atoms with E-state index in [-0.39, 0.29) is 24.0 Å². The van der Waals surface area contributed by atoms with Gasteiger partial charge >= 0.3 is 0 Å². The SMILES string of the molecule is C=CCn1c(SCC(=O)NCc2ccc3c(c2)OCO3)nc2ccccc2c1=O. The monoisotopic (exact) mass is 409 g/mol. The maximum atomic E-state index is 12.7. The van der Waals surface area contributed by atoms with Gasteiger partial charge in [-0.25, -0.2) is 4.98 Å². The predicted molar refractivity (Wildman–Crippen MR) is 111 cm³/mol. The van der Waals surface area contributed by atoms with Crippen LogP contribution < -0.4 is 20.3 Å². The fourth-order valence-corrected chi connectivity index (χ4v) is 3.82. The van der Waals surface area contributed by atoms with Crippen LogP contribution in [0.3, 0.4) is 0 Å². The average Bonchev–Trinajstić information content (AvgIpc) is 3.21. The van der Waals surface area contributed by atoms with Gasteiger partial charge in [-0.05, 0) is 29.8 Å². The molecule has 1 N–H and O–H groups in total. The smallest absolute Gasteiger partial charge is 0.262 e. The number of hydrogen-bond donors (Lipinski definition) is 1. The number of benzene rings is 2. The Morgan fingerprint density at radius 1 is 1.24 bits per heavy atom. The molecule has 29 heavy (non-hydrogen) atoms. The molecule has 2 aromatic carbocycles. The molecule has 0 atom stereocenters. The minimum absolute atomic E-state index is 0.140. The van der Waals surface area contributed by atoms with E-state index < -0.39 is 0 Å². The predicted octanol–water partition coefficient (Wildman–Crippen LogP) is 2.72. The molecule has 3 aromatic rings. The van der Waals surface area contributed by atoms with Crippen LogP contribution in [0.15, 0.2) is 65.1 Å². The summed E-state index contributed by atoms with van der Waals surface area (Å²) in [5.74, 6) is 1.38. The summed E-state index contributed by atoms with van der Waals surface area (Å²) in [6.45, 7) is 4.63. The van der Waals surface area contributed by atoms with Crippen molar-refractivity contribution in [2.45, 2.75) is 18.2 Å². The second-order valence-electron chi connectivity index (χ2n) is 6.37. The Labute approximate surface area is 171 Å². The van der Waals surface area contributed by atoms with Gasteiger partial charge in [-0.3, -0.25) is 14.2 Å². The van der Waals surface area contributed by atoms with Gasteiger partial charge in [0.2, 0.25) is 12.7 Å². The number of nitrogens with one attached hydrogen (secondary N) is 1. The van der Waals surface area contributed by atoms with Crippen molar-refractivity contribution in [2.75, 3.05) is 12.5 Å². The number of carbonyl (C=O) groups excluding carboxylic acids is 1. The van der Waals surface area contributed by atoms with Crippen LogP contribution in [0.4, 0.5) is 0 Å². The molecule has 0 saturated carbocycles. The quantitative estimate of drug-likeness (QED) is 0.367. The van der Waals surface area contributed by atoms with Crippen molar-refractivity contribution in [3.8, 4) is 11.5 Å². The summed E-state index contributed by atoms with van der Waals surface area (Å²) in [7, 11) is 0. The molecule has 0 saturated heterocycles. The van der Waals surface area contributed by atoms with Gasteiger partial charge < -0.3 is 14.8 Å². The van der Waals surface area contributed by atoms with Crippen LogP contribution in [0, 0.1) is 0 Å². The standard InChI is InChI=1S/C21H19N3O4S/c1-2-9-24-20(26)15-5-3-4-6-16(15)23-21(24)29-12-19(25)22-11-14-7-8-17-18(10-14)28-13-27-17/h2-8,10H,1,9,11-13H2,(H,22,25). The minimum atomic E-state index is -0.153. The second-order valence-corrected chi connectivity index (χ2v) is 7.31. The lowest BCUT2D eigenvalue weighted by molar-refractivity contribution is -0.118. The number of amides is 1.